The van der Waals surface area contributed by atoms with Crippen molar-refractivity contribution in [2.75, 3.05) is 12.3 Å². The van der Waals surface area contributed by atoms with Gasteiger partial charge >= 0.3 is 0 Å². The van der Waals surface area contributed by atoms with Gasteiger partial charge in [-0.3, -0.25) is 0 Å². The van der Waals surface area contributed by atoms with E-state index < -0.39 is 0 Å². The van der Waals surface area contributed by atoms with E-state index in [1.807, 2.05) is 0 Å². The van der Waals surface area contributed by atoms with Gasteiger partial charge in [0.05, 0.1) is 0 Å². The molecule has 2 atom stereocenters. The molecule has 2 unspecified atom stereocenters. The van der Waals surface area contributed by atoms with Crippen molar-refractivity contribution in [3.8, 4) is 0 Å². The molecule has 96 valence electrons. The van der Waals surface area contributed by atoms with Crippen LogP contribution in [0.2, 0.25) is 0 Å². The van der Waals surface area contributed by atoms with E-state index in [0.29, 0.717) is 6.04 Å². The van der Waals surface area contributed by atoms with Crippen LogP contribution in [0.3, 0.4) is 0 Å². The van der Waals surface area contributed by atoms with E-state index in [1.54, 1.807) is 0 Å². The molecule has 1 N–H and O–H groups in total. The summed E-state index contributed by atoms with van der Waals surface area (Å²) in [5.74, 6) is 1.16. The van der Waals surface area contributed by atoms with E-state index in [2.05, 4.69) is 69.0 Å². The molecule has 0 aliphatic heterocycles. The summed E-state index contributed by atoms with van der Waals surface area (Å²) < 4.78 is 0. The Labute approximate surface area is 110 Å². The number of nitrogens with one attached hydrogen (secondary N) is 1. The summed E-state index contributed by atoms with van der Waals surface area (Å²) >= 11 is 2.07. The fourth-order valence-electron chi connectivity index (χ4n) is 1.86. The second-order valence-corrected chi connectivity index (χ2v) is 5.99. The van der Waals surface area contributed by atoms with Crippen LogP contribution in [0.1, 0.15) is 44.4 Å². The lowest BCUT2D eigenvalue weighted by atomic mass is 10.0. The van der Waals surface area contributed by atoms with Crippen LogP contribution in [0, 0.1) is 6.92 Å². The van der Waals surface area contributed by atoms with Crippen molar-refractivity contribution < 1.29 is 0 Å². The highest BCUT2D eigenvalue weighted by Crippen LogP contribution is 2.24. The molecule has 1 aromatic rings. The lowest BCUT2D eigenvalue weighted by Crippen LogP contribution is -2.24. The zero-order valence-electron chi connectivity index (χ0n) is 11.5. The smallest absolute Gasteiger partial charge is 0.0414 e. The van der Waals surface area contributed by atoms with Crippen molar-refractivity contribution >= 4 is 11.8 Å². The predicted molar refractivity (Wildman–Crippen MR) is 79.8 cm³/mol. The third-order valence-corrected chi connectivity index (χ3v) is 4.56. The van der Waals surface area contributed by atoms with Crippen LogP contribution in [0.15, 0.2) is 24.3 Å². The van der Waals surface area contributed by atoms with Gasteiger partial charge in [0.2, 0.25) is 0 Å². The Kier molecular flexibility index (Phi) is 6.68. The number of aryl methyl sites for hydroxylation is 1. The van der Waals surface area contributed by atoms with Crippen molar-refractivity contribution in [1.82, 2.24) is 5.32 Å². The summed E-state index contributed by atoms with van der Waals surface area (Å²) in [6, 6.07) is 9.19. The maximum absolute atomic E-state index is 3.60. The first-order valence-electron chi connectivity index (χ1n) is 6.59. The SMILES string of the molecule is CCNC(CSC(C)CC)c1ccccc1C. The number of hydrogen-bond donors (Lipinski definition) is 1. The first-order valence-corrected chi connectivity index (χ1v) is 7.64. The Morgan fingerprint density at radius 3 is 2.53 bits per heavy atom. The van der Waals surface area contributed by atoms with Gasteiger partial charge in [0.15, 0.2) is 0 Å². The largest absolute Gasteiger partial charge is 0.310 e. The van der Waals surface area contributed by atoms with Gasteiger partial charge in [-0.2, -0.15) is 11.8 Å². The van der Waals surface area contributed by atoms with Crippen LogP contribution in [-0.4, -0.2) is 17.5 Å². The van der Waals surface area contributed by atoms with Crippen molar-refractivity contribution in [3.63, 3.8) is 0 Å². The molecule has 0 aromatic heterocycles. The first kappa shape index (κ1) is 14.6. The third-order valence-electron chi connectivity index (χ3n) is 3.14. The second-order valence-electron chi connectivity index (χ2n) is 4.52. The summed E-state index contributed by atoms with van der Waals surface area (Å²) in [4.78, 5) is 0. The van der Waals surface area contributed by atoms with E-state index >= 15 is 0 Å². The molecule has 0 heterocycles. The average Bonchev–Trinajstić information content (AvgIpc) is 2.35. The maximum atomic E-state index is 3.60. The fourth-order valence-corrected chi connectivity index (χ4v) is 2.92. The topological polar surface area (TPSA) is 12.0 Å². The first-order chi connectivity index (χ1) is 8.19. The molecule has 0 fully saturated rings. The van der Waals surface area contributed by atoms with Gasteiger partial charge in [-0.15, -0.1) is 0 Å². The minimum atomic E-state index is 0.486. The summed E-state index contributed by atoms with van der Waals surface area (Å²) in [5.41, 5.74) is 2.84. The van der Waals surface area contributed by atoms with Gasteiger partial charge in [-0.1, -0.05) is 45.0 Å². The molecule has 0 spiro atoms. The van der Waals surface area contributed by atoms with Crippen LogP contribution >= 0.6 is 11.8 Å². The molecule has 0 amide bonds. The highest BCUT2D eigenvalue weighted by Gasteiger charge is 2.13. The maximum Gasteiger partial charge on any atom is 0.0414 e. The van der Waals surface area contributed by atoms with Gasteiger partial charge in [0, 0.05) is 17.0 Å². The number of rotatable bonds is 7. The zero-order chi connectivity index (χ0) is 12.7. The number of benzene rings is 1. The van der Waals surface area contributed by atoms with E-state index in [4.69, 9.17) is 0 Å². The standard InChI is InChI=1S/C15H25NS/c1-5-13(4)17-11-15(16-6-2)14-10-8-7-9-12(14)3/h7-10,13,15-16H,5-6,11H2,1-4H3. The lowest BCUT2D eigenvalue weighted by Gasteiger charge is -2.21. The average molecular weight is 251 g/mol. The van der Waals surface area contributed by atoms with Gasteiger partial charge < -0.3 is 5.32 Å². The number of thioether (sulfide) groups is 1. The summed E-state index contributed by atoms with van der Waals surface area (Å²) in [6.45, 7) is 9.98. The minimum Gasteiger partial charge on any atom is -0.310 e. The molecule has 0 saturated carbocycles. The van der Waals surface area contributed by atoms with Crippen LogP contribution in [0.4, 0.5) is 0 Å². The van der Waals surface area contributed by atoms with E-state index in [9.17, 15) is 0 Å². The van der Waals surface area contributed by atoms with Crippen molar-refractivity contribution in [2.24, 2.45) is 0 Å². The van der Waals surface area contributed by atoms with E-state index in [1.165, 1.54) is 17.5 Å². The summed E-state index contributed by atoms with van der Waals surface area (Å²) in [5, 5.41) is 4.35. The van der Waals surface area contributed by atoms with Crippen LogP contribution < -0.4 is 5.32 Å². The molecule has 0 radical (unpaired) electrons. The van der Waals surface area contributed by atoms with Crippen LogP contribution in [0.25, 0.3) is 0 Å². The second kappa shape index (κ2) is 7.78. The van der Waals surface area contributed by atoms with Gasteiger partial charge in [0.25, 0.3) is 0 Å². The molecule has 2 heteroatoms. The summed E-state index contributed by atoms with van der Waals surface area (Å²) in [6.07, 6.45) is 1.25. The Bertz CT molecular complexity index is 324. The minimum absolute atomic E-state index is 0.486. The van der Waals surface area contributed by atoms with Gasteiger partial charge in [-0.25, -0.2) is 0 Å². The van der Waals surface area contributed by atoms with Crippen molar-refractivity contribution in [1.29, 1.82) is 0 Å². The molecule has 0 saturated heterocycles. The fraction of sp³-hybridized carbons (Fsp3) is 0.600. The van der Waals surface area contributed by atoms with Crippen LogP contribution in [-0.2, 0) is 0 Å². The van der Waals surface area contributed by atoms with E-state index in [-0.39, 0.29) is 0 Å². The quantitative estimate of drug-likeness (QED) is 0.780. The van der Waals surface area contributed by atoms with Gasteiger partial charge in [-0.05, 0) is 31.0 Å². The van der Waals surface area contributed by atoms with Crippen molar-refractivity contribution in [2.45, 2.75) is 45.4 Å². The predicted octanol–water partition coefficient (Wildman–Crippen LogP) is 4.18. The molecule has 1 aromatic carbocycles. The number of hydrogen-bond acceptors (Lipinski definition) is 2. The molecule has 17 heavy (non-hydrogen) atoms. The molecule has 1 nitrogen and oxygen atoms in total. The molecule has 0 aliphatic carbocycles. The molecular weight excluding hydrogens is 226 g/mol. The van der Waals surface area contributed by atoms with Gasteiger partial charge in [0.1, 0.15) is 0 Å². The Morgan fingerprint density at radius 2 is 1.94 bits per heavy atom. The Balaban J connectivity index is 2.68. The highest BCUT2D eigenvalue weighted by atomic mass is 32.2. The zero-order valence-corrected chi connectivity index (χ0v) is 12.3. The normalized spacial score (nSPS) is 14.6. The Hall–Kier alpha value is -0.470. The highest BCUT2D eigenvalue weighted by molar-refractivity contribution is 7.99. The summed E-state index contributed by atoms with van der Waals surface area (Å²) in [7, 11) is 0. The Morgan fingerprint density at radius 1 is 1.24 bits per heavy atom. The molecular formula is C15H25NS. The lowest BCUT2D eigenvalue weighted by molar-refractivity contribution is 0.602. The molecule has 1 rings (SSSR count). The van der Waals surface area contributed by atoms with E-state index in [0.717, 1.165) is 17.5 Å². The third kappa shape index (κ3) is 4.72. The molecule has 0 bridgehead atoms. The van der Waals surface area contributed by atoms with Crippen molar-refractivity contribution in [3.05, 3.63) is 35.4 Å². The monoisotopic (exact) mass is 251 g/mol. The van der Waals surface area contributed by atoms with Crippen LogP contribution in [0.5, 0.6) is 0 Å². The molecule has 0 aliphatic rings.